The van der Waals surface area contributed by atoms with Crippen LogP contribution in [0.5, 0.6) is 0 Å². The maximum atomic E-state index is 12.5. The molecule has 0 saturated carbocycles. The van der Waals surface area contributed by atoms with Gasteiger partial charge < -0.3 is 5.73 Å². The van der Waals surface area contributed by atoms with E-state index in [9.17, 15) is 8.42 Å². The van der Waals surface area contributed by atoms with Gasteiger partial charge in [0, 0.05) is 23.6 Å². The van der Waals surface area contributed by atoms with E-state index >= 15 is 0 Å². The lowest BCUT2D eigenvalue weighted by atomic mass is 10.2. The normalized spacial score (nSPS) is 11.8. The predicted octanol–water partition coefficient (Wildman–Crippen LogP) is 3.40. The number of anilines is 1. The molecule has 4 nitrogen and oxygen atoms in total. The van der Waals surface area contributed by atoms with Crippen molar-refractivity contribution in [2.24, 2.45) is 0 Å². The Labute approximate surface area is 134 Å². The van der Waals surface area contributed by atoms with Crippen molar-refractivity contribution in [2.75, 3.05) is 12.8 Å². The third-order valence-corrected chi connectivity index (χ3v) is 5.34. The van der Waals surface area contributed by atoms with Gasteiger partial charge in [0.15, 0.2) is 0 Å². The molecule has 0 aliphatic carbocycles. The molecule has 0 atom stereocenters. The van der Waals surface area contributed by atoms with E-state index in [-0.39, 0.29) is 17.1 Å². The van der Waals surface area contributed by atoms with Crippen LogP contribution in [0.4, 0.5) is 5.69 Å². The number of nitrogen functional groups attached to an aromatic ring is 1. The highest BCUT2D eigenvalue weighted by molar-refractivity contribution is 7.89. The molecule has 0 spiro atoms. The van der Waals surface area contributed by atoms with Crippen LogP contribution in [0.1, 0.15) is 5.56 Å². The van der Waals surface area contributed by atoms with Gasteiger partial charge in [-0.15, -0.1) is 0 Å². The van der Waals surface area contributed by atoms with Gasteiger partial charge in [0.2, 0.25) is 10.0 Å². The van der Waals surface area contributed by atoms with Crippen LogP contribution in [0.3, 0.4) is 0 Å². The van der Waals surface area contributed by atoms with Crippen molar-refractivity contribution in [3.8, 4) is 0 Å². The molecule has 2 N–H and O–H groups in total. The van der Waals surface area contributed by atoms with Gasteiger partial charge in [-0.1, -0.05) is 35.3 Å². The Morgan fingerprint density at radius 3 is 2.19 bits per heavy atom. The van der Waals surface area contributed by atoms with E-state index in [0.29, 0.717) is 10.0 Å². The molecule has 2 aromatic rings. The van der Waals surface area contributed by atoms with Crippen molar-refractivity contribution >= 4 is 38.9 Å². The summed E-state index contributed by atoms with van der Waals surface area (Å²) in [6.07, 6.45) is 0. The maximum Gasteiger partial charge on any atom is 0.245 e. The molecule has 0 unspecified atom stereocenters. The molecule has 0 aliphatic rings. The first-order valence-electron chi connectivity index (χ1n) is 6.06. The highest BCUT2D eigenvalue weighted by atomic mass is 35.5. The topological polar surface area (TPSA) is 63.4 Å². The Morgan fingerprint density at radius 2 is 1.62 bits per heavy atom. The molecular weight excluding hydrogens is 331 g/mol. The van der Waals surface area contributed by atoms with Crippen LogP contribution in [0.2, 0.25) is 10.0 Å². The fourth-order valence-electron chi connectivity index (χ4n) is 1.85. The molecule has 0 radical (unpaired) electrons. The average molecular weight is 345 g/mol. The highest BCUT2D eigenvalue weighted by Gasteiger charge is 2.23. The zero-order valence-electron chi connectivity index (χ0n) is 11.3. The number of hydrogen-bond donors (Lipinski definition) is 1. The minimum Gasteiger partial charge on any atom is -0.398 e. The van der Waals surface area contributed by atoms with E-state index < -0.39 is 10.0 Å². The van der Waals surface area contributed by atoms with Gasteiger partial charge in [-0.25, -0.2) is 8.42 Å². The summed E-state index contributed by atoms with van der Waals surface area (Å²) in [5.74, 6) is 0. The second kappa shape index (κ2) is 6.23. The molecule has 21 heavy (non-hydrogen) atoms. The largest absolute Gasteiger partial charge is 0.398 e. The number of nitrogens with two attached hydrogens (primary N) is 1. The van der Waals surface area contributed by atoms with Crippen LogP contribution < -0.4 is 5.73 Å². The minimum absolute atomic E-state index is 0.0448. The van der Waals surface area contributed by atoms with E-state index in [1.165, 1.54) is 29.6 Å². The number of rotatable bonds is 4. The molecule has 2 aromatic carbocycles. The molecular formula is C14H14Cl2N2O2S. The van der Waals surface area contributed by atoms with E-state index in [2.05, 4.69) is 0 Å². The van der Waals surface area contributed by atoms with Crippen LogP contribution in [0.15, 0.2) is 47.4 Å². The molecule has 0 heterocycles. The number of sulfonamides is 1. The summed E-state index contributed by atoms with van der Waals surface area (Å²) < 4.78 is 26.3. The minimum atomic E-state index is -3.68. The van der Waals surface area contributed by atoms with Gasteiger partial charge in [0.1, 0.15) is 4.90 Å². The molecule has 0 fully saturated rings. The van der Waals surface area contributed by atoms with Gasteiger partial charge in [0.05, 0.1) is 5.69 Å². The highest BCUT2D eigenvalue weighted by Crippen LogP contribution is 2.25. The Hall–Kier alpha value is -1.27. The molecule has 0 aliphatic heterocycles. The summed E-state index contributed by atoms with van der Waals surface area (Å²) in [7, 11) is -2.18. The van der Waals surface area contributed by atoms with Crippen molar-refractivity contribution in [3.05, 3.63) is 58.1 Å². The first-order chi connectivity index (χ1) is 9.80. The van der Waals surface area contributed by atoms with Gasteiger partial charge in [-0.05, 0) is 35.9 Å². The lowest BCUT2D eigenvalue weighted by molar-refractivity contribution is 0.467. The fourth-order valence-corrected chi connectivity index (χ4v) is 3.41. The smallest absolute Gasteiger partial charge is 0.245 e. The summed E-state index contributed by atoms with van der Waals surface area (Å²) in [5.41, 5.74) is 6.71. The SMILES string of the molecule is CN(Cc1ccc(Cl)cc1)S(=O)(=O)c1ccc(Cl)cc1N. The Balaban J connectivity index is 2.28. The molecule has 0 aromatic heterocycles. The Morgan fingerprint density at radius 1 is 1.05 bits per heavy atom. The quantitative estimate of drug-likeness (QED) is 0.864. The molecule has 7 heteroatoms. The third-order valence-electron chi connectivity index (χ3n) is 2.98. The molecule has 2 rings (SSSR count). The summed E-state index contributed by atoms with van der Waals surface area (Å²) in [6.45, 7) is 0.224. The Kier molecular flexibility index (Phi) is 4.78. The van der Waals surface area contributed by atoms with Crippen LogP contribution in [0.25, 0.3) is 0 Å². The van der Waals surface area contributed by atoms with Gasteiger partial charge in [-0.2, -0.15) is 4.31 Å². The lowest BCUT2D eigenvalue weighted by Crippen LogP contribution is -2.27. The lowest BCUT2D eigenvalue weighted by Gasteiger charge is -2.18. The van der Waals surface area contributed by atoms with Gasteiger partial charge >= 0.3 is 0 Å². The van der Waals surface area contributed by atoms with Gasteiger partial charge in [0.25, 0.3) is 0 Å². The molecule has 0 bridgehead atoms. The van der Waals surface area contributed by atoms with E-state index in [0.717, 1.165) is 5.56 Å². The first-order valence-corrected chi connectivity index (χ1v) is 8.26. The van der Waals surface area contributed by atoms with Crippen LogP contribution in [0, 0.1) is 0 Å². The zero-order chi connectivity index (χ0) is 15.6. The summed E-state index contributed by atoms with van der Waals surface area (Å²) in [6, 6.07) is 11.3. The second-order valence-corrected chi connectivity index (χ2v) is 7.46. The number of halogens is 2. The van der Waals surface area contributed by atoms with Crippen molar-refractivity contribution in [1.82, 2.24) is 4.31 Å². The van der Waals surface area contributed by atoms with Crippen LogP contribution in [-0.2, 0) is 16.6 Å². The number of benzene rings is 2. The monoisotopic (exact) mass is 344 g/mol. The van der Waals surface area contributed by atoms with Crippen LogP contribution in [-0.4, -0.2) is 19.8 Å². The molecule has 112 valence electrons. The summed E-state index contributed by atoms with van der Waals surface area (Å²) >= 11 is 11.6. The molecule has 0 amide bonds. The Bertz CT molecular complexity index is 746. The standard InChI is InChI=1S/C14H14Cl2N2O2S/c1-18(9-10-2-4-11(15)5-3-10)21(19,20)14-7-6-12(16)8-13(14)17/h2-8H,9,17H2,1H3. The van der Waals surface area contributed by atoms with Crippen molar-refractivity contribution in [3.63, 3.8) is 0 Å². The van der Waals surface area contributed by atoms with E-state index in [1.54, 1.807) is 24.3 Å². The zero-order valence-corrected chi connectivity index (χ0v) is 13.6. The second-order valence-electron chi connectivity index (χ2n) is 4.57. The van der Waals surface area contributed by atoms with E-state index in [1.807, 2.05) is 0 Å². The number of nitrogens with zero attached hydrogens (tertiary/aromatic N) is 1. The van der Waals surface area contributed by atoms with Gasteiger partial charge in [-0.3, -0.25) is 0 Å². The average Bonchev–Trinajstić information content (AvgIpc) is 2.40. The third kappa shape index (κ3) is 3.68. The number of hydrogen-bond acceptors (Lipinski definition) is 3. The first kappa shape index (κ1) is 16.1. The predicted molar refractivity (Wildman–Crippen MR) is 86.0 cm³/mol. The summed E-state index contributed by atoms with van der Waals surface area (Å²) in [5, 5.41) is 0.998. The van der Waals surface area contributed by atoms with Crippen LogP contribution >= 0.6 is 23.2 Å². The molecule has 0 saturated heterocycles. The van der Waals surface area contributed by atoms with Crippen molar-refractivity contribution in [1.29, 1.82) is 0 Å². The maximum absolute atomic E-state index is 12.5. The van der Waals surface area contributed by atoms with Crippen molar-refractivity contribution < 1.29 is 8.42 Å². The fraction of sp³-hybridized carbons (Fsp3) is 0.143. The summed E-state index contributed by atoms with van der Waals surface area (Å²) in [4.78, 5) is 0.0448. The van der Waals surface area contributed by atoms with E-state index in [4.69, 9.17) is 28.9 Å². The van der Waals surface area contributed by atoms with Crippen molar-refractivity contribution in [2.45, 2.75) is 11.4 Å².